The van der Waals surface area contributed by atoms with Gasteiger partial charge in [0.25, 0.3) is 0 Å². The quantitative estimate of drug-likeness (QED) is 0.469. The molecule has 8 nitrogen and oxygen atoms in total. The third-order valence-corrected chi connectivity index (χ3v) is 6.42. The third-order valence-electron chi connectivity index (χ3n) is 4.51. The van der Waals surface area contributed by atoms with Crippen molar-refractivity contribution in [1.82, 2.24) is 19.7 Å². The van der Waals surface area contributed by atoms with Gasteiger partial charge in [0.05, 0.1) is 5.75 Å². The van der Waals surface area contributed by atoms with Crippen molar-refractivity contribution < 1.29 is 9.90 Å². The number of aliphatic hydroxyl groups is 1. The molecule has 2 aromatic heterocycles. The van der Waals surface area contributed by atoms with Crippen molar-refractivity contribution in [2.45, 2.75) is 63.4 Å². The van der Waals surface area contributed by atoms with Gasteiger partial charge in [0.2, 0.25) is 11.0 Å². The molecule has 3 rings (SSSR count). The summed E-state index contributed by atoms with van der Waals surface area (Å²) in [5.74, 6) is -0.0117. The van der Waals surface area contributed by atoms with Crippen LogP contribution in [0.2, 0.25) is 0 Å². The molecule has 1 aliphatic rings. The fraction of sp³-hybridized carbons (Fsp3) is 0.611. The summed E-state index contributed by atoms with van der Waals surface area (Å²) in [6.07, 6.45) is 6.16. The monoisotopic (exact) mass is 423 g/mol. The van der Waals surface area contributed by atoms with Crippen LogP contribution in [0.4, 0.5) is 5.13 Å². The highest BCUT2D eigenvalue weighted by Gasteiger charge is 2.21. The number of rotatable bonds is 9. The third kappa shape index (κ3) is 5.18. The Morgan fingerprint density at radius 3 is 2.93 bits per heavy atom. The predicted octanol–water partition coefficient (Wildman–Crippen LogP) is 2.04. The van der Waals surface area contributed by atoms with E-state index in [4.69, 9.17) is 5.11 Å². The highest BCUT2D eigenvalue weighted by atomic mass is 32.2. The van der Waals surface area contributed by atoms with Crippen LogP contribution in [0.25, 0.3) is 0 Å². The molecule has 0 bridgehead atoms. The van der Waals surface area contributed by atoms with Crippen LogP contribution in [-0.4, -0.2) is 43.1 Å². The Morgan fingerprint density at radius 1 is 1.32 bits per heavy atom. The van der Waals surface area contributed by atoms with Gasteiger partial charge >= 0.3 is 5.69 Å². The summed E-state index contributed by atoms with van der Waals surface area (Å²) in [5.41, 5.74) is 1.78. The first kappa shape index (κ1) is 20.9. The Morgan fingerprint density at radius 2 is 2.14 bits per heavy atom. The number of anilines is 1. The molecule has 28 heavy (non-hydrogen) atoms. The second-order valence-corrected chi connectivity index (χ2v) is 8.67. The summed E-state index contributed by atoms with van der Waals surface area (Å²) in [4.78, 5) is 29.0. The number of carbonyl (C=O) groups is 1. The summed E-state index contributed by atoms with van der Waals surface area (Å²) < 4.78 is 1.69. The number of hydrogen-bond acceptors (Lipinski definition) is 8. The fourth-order valence-electron chi connectivity index (χ4n) is 3.23. The molecular formula is C18H25N5O3S2. The van der Waals surface area contributed by atoms with Crippen LogP contribution in [0.15, 0.2) is 9.82 Å². The normalized spacial score (nSPS) is 13.4. The van der Waals surface area contributed by atoms with E-state index in [-0.39, 0.29) is 24.0 Å². The number of aromatic nitrogens is 4. The summed E-state index contributed by atoms with van der Waals surface area (Å²) in [6.45, 7) is 2.60. The van der Waals surface area contributed by atoms with E-state index in [2.05, 4.69) is 27.4 Å². The molecule has 1 aliphatic carbocycles. The molecule has 1 amide bonds. The molecule has 2 aromatic rings. The first-order chi connectivity index (χ1) is 13.6. The topological polar surface area (TPSA) is 110 Å². The van der Waals surface area contributed by atoms with Gasteiger partial charge in [0.1, 0.15) is 10.0 Å². The second kappa shape index (κ2) is 10.1. The highest BCUT2D eigenvalue weighted by molar-refractivity contribution is 8.00. The highest BCUT2D eigenvalue weighted by Crippen LogP contribution is 2.28. The first-order valence-corrected chi connectivity index (χ1v) is 11.4. The number of thioether (sulfide) groups is 1. The Labute approximate surface area is 171 Å². The molecule has 152 valence electrons. The van der Waals surface area contributed by atoms with Gasteiger partial charge in [-0.1, -0.05) is 30.0 Å². The molecule has 0 saturated carbocycles. The van der Waals surface area contributed by atoms with Crippen molar-refractivity contribution >= 4 is 34.1 Å². The molecule has 0 saturated heterocycles. The van der Waals surface area contributed by atoms with Gasteiger partial charge in [-0.25, -0.2) is 4.79 Å². The lowest BCUT2D eigenvalue weighted by molar-refractivity contribution is -0.113. The van der Waals surface area contributed by atoms with Crippen LogP contribution < -0.4 is 11.0 Å². The molecule has 0 spiro atoms. The lowest BCUT2D eigenvalue weighted by atomic mass is 9.97. The molecule has 0 atom stereocenters. The van der Waals surface area contributed by atoms with Crippen LogP contribution in [-0.2, 0) is 30.6 Å². The number of nitrogens with one attached hydrogen (secondary N) is 1. The van der Waals surface area contributed by atoms with Gasteiger partial charge in [0.15, 0.2) is 0 Å². The van der Waals surface area contributed by atoms with E-state index in [9.17, 15) is 9.59 Å². The van der Waals surface area contributed by atoms with Gasteiger partial charge in [0, 0.05) is 30.8 Å². The van der Waals surface area contributed by atoms with Crippen molar-refractivity contribution in [2.24, 2.45) is 0 Å². The molecule has 2 heterocycles. The molecule has 0 fully saturated rings. The van der Waals surface area contributed by atoms with Crippen LogP contribution in [0, 0.1) is 0 Å². The van der Waals surface area contributed by atoms with Crippen LogP contribution >= 0.6 is 23.1 Å². The van der Waals surface area contributed by atoms with Gasteiger partial charge in [-0.3, -0.25) is 14.7 Å². The molecular weight excluding hydrogens is 398 g/mol. The Balaban J connectivity index is 1.68. The molecule has 0 unspecified atom stereocenters. The van der Waals surface area contributed by atoms with Crippen LogP contribution in [0.3, 0.4) is 0 Å². The Kier molecular flexibility index (Phi) is 7.57. The minimum Gasteiger partial charge on any atom is -0.396 e. The van der Waals surface area contributed by atoms with Crippen molar-refractivity contribution in [2.75, 3.05) is 17.7 Å². The maximum atomic E-state index is 12.5. The Hall–Kier alpha value is -1.78. The van der Waals surface area contributed by atoms with E-state index < -0.39 is 0 Å². The largest absolute Gasteiger partial charge is 0.396 e. The summed E-state index contributed by atoms with van der Waals surface area (Å²) >= 11 is 2.69. The van der Waals surface area contributed by atoms with E-state index in [1.165, 1.54) is 23.1 Å². The summed E-state index contributed by atoms with van der Waals surface area (Å²) in [7, 11) is 0. The molecule has 0 radical (unpaired) electrons. The van der Waals surface area contributed by atoms with Gasteiger partial charge in [-0.15, -0.1) is 10.2 Å². The summed E-state index contributed by atoms with van der Waals surface area (Å²) in [5, 5.41) is 22.0. The van der Waals surface area contributed by atoms with Crippen molar-refractivity contribution in [3.8, 4) is 0 Å². The molecule has 10 heteroatoms. The zero-order valence-electron chi connectivity index (χ0n) is 15.9. The molecule has 0 aromatic carbocycles. The van der Waals surface area contributed by atoms with Gasteiger partial charge < -0.3 is 5.11 Å². The average molecular weight is 424 g/mol. The van der Waals surface area contributed by atoms with Crippen LogP contribution in [0.1, 0.15) is 48.9 Å². The van der Waals surface area contributed by atoms with E-state index in [1.54, 1.807) is 4.57 Å². The minimum atomic E-state index is -0.301. The van der Waals surface area contributed by atoms with Crippen LogP contribution in [0.5, 0.6) is 0 Å². The zero-order chi connectivity index (χ0) is 19.9. The number of nitrogens with zero attached hydrogens (tertiary/aromatic N) is 4. The van der Waals surface area contributed by atoms with Crippen molar-refractivity contribution in [1.29, 1.82) is 0 Å². The number of aryl methyl sites for hydroxylation is 1. The maximum Gasteiger partial charge on any atom is 0.348 e. The van der Waals surface area contributed by atoms with Crippen molar-refractivity contribution in [3.63, 3.8) is 0 Å². The lowest BCUT2D eigenvalue weighted by Crippen LogP contribution is -2.30. The average Bonchev–Trinajstić information content (AvgIpc) is 3.13. The van der Waals surface area contributed by atoms with Gasteiger partial charge in [-0.05, 0) is 38.5 Å². The smallest absolute Gasteiger partial charge is 0.348 e. The first-order valence-electron chi connectivity index (χ1n) is 9.60. The number of aliphatic hydroxyl groups excluding tert-OH is 1. The number of carbonyl (C=O) groups excluding carboxylic acids is 1. The zero-order valence-corrected chi connectivity index (χ0v) is 17.6. The standard InChI is InChI=1S/C18H25N5O3S2/c1-2-6-15-21-22-17(28-15)19-14(25)11-27-16-12-7-3-4-8-13(12)23(9-5-10-24)18(26)20-16/h24H,2-11H2,1H3,(H,19,22,25). The number of hydrogen-bond donors (Lipinski definition) is 2. The Bertz CT molecular complexity index is 881. The van der Waals surface area contributed by atoms with E-state index in [0.29, 0.717) is 23.1 Å². The van der Waals surface area contributed by atoms with E-state index >= 15 is 0 Å². The molecule has 0 aliphatic heterocycles. The van der Waals surface area contributed by atoms with Crippen molar-refractivity contribution in [3.05, 3.63) is 26.7 Å². The van der Waals surface area contributed by atoms with E-state index in [0.717, 1.165) is 54.8 Å². The van der Waals surface area contributed by atoms with Gasteiger partial charge in [-0.2, -0.15) is 4.98 Å². The number of fused-ring (bicyclic) bond motifs is 1. The predicted molar refractivity (Wildman–Crippen MR) is 110 cm³/mol. The SMILES string of the molecule is CCCc1nnc(NC(=O)CSc2nc(=O)n(CCCO)c3c2CCCC3)s1. The number of amides is 1. The minimum absolute atomic E-state index is 0.0451. The van der Waals surface area contributed by atoms with E-state index in [1.807, 2.05) is 0 Å². The fourth-order valence-corrected chi connectivity index (χ4v) is 4.97. The molecule has 2 N–H and O–H groups in total. The lowest BCUT2D eigenvalue weighted by Gasteiger charge is -2.22. The maximum absolute atomic E-state index is 12.5. The second-order valence-electron chi connectivity index (χ2n) is 6.65. The summed E-state index contributed by atoms with van der Waals surface area (Å²) in [6, 6.07) is 0.